The van der Waals surface area contributed by atoms with Crippen LogP contribution in [0.5, 0.6) is 11.5 Å². The van der Waals surface area contributed by atoms with Crippen LogP contribution in [-0.4, -0.2) is 52.6 Å². The van der Waals surface area contributed by atoms with Gasteiger partial charge in [-0.2, -0.15) is 0 Å². The number of hydrogen-bond acceptors (Lipinski definition) is 7. The summed E-state index contributed by atoms with van der Waals surface area (Å²) in [6.07, 6.45) is 0.117. The quantitative estimate of drug-likeness (QED) is 0.469. The zero-order chi connectivity index (χ0) is 21.3. The number of aliphatic hydroxyl groups excluding tert-OH is 1. The van der Waals surface area contributed by atoms with Crippen LogP contribution in [0.3, 0.4) is 0 Å². The van der Waals surface area contributed by atoms with Crippen molar-refractivity contribution in [3.05, 3.63) is 65.5 Å². The molecule has 8 heteroatoms. The van der Waals surface area contributed by atoms with E-state index < -0.39 is 6.10 Å². The lowest BCUT2D eigenvalue weighted by Gasteiger charge is -2.12. The minimum absolute atomic E-state index is 0.232. The fourth-order valence-electron chi connectivity index (χ4n) is 2.91. The normalized spacial score (nSPS) is 12.0. The molecule has 0 aliphatic rings. The van der Waals surface area contributed by atoms with Gasteiger partial charge in [-0.1, -0.05) is 48.2 Å². The molecular weight excluding hydrogens is 402 g/mol. The molecule has 0 amide bonds. The van der Waals surface area contributed by atoms with Crippen LogP contribution in [0.4, 0.5) is 0 Å². The second kappa shape index (κ2) is 11.0. The third-order valence-corrected chi connectivity index (χ3v) is 5.73. The van der Waals surface area contributed by atoms with Gasteiger partial charge >= 0.3 is 0 Å². The molecule has 1 N–H and O–H groups in total. The van der Waals surface area contributed by atoms with Crippen LogP contribution in [0.2, 0.25) is 0 Å². The average Bonchev–Trinajstić information content (AvgIpc) is 3.12. The maximum Gasteiger partial charge on any atom is 0.191 e. The van der Waals surface area contributed by atoms with Gasteiger partial charge in [0.05, 0.1) is 33.5 Å². The van der Waals surface area contributed by atoms with Gasteiger partial charge in [0, 0.05) is 19.2 Å². The van der Waals surface area contributed by atoms with E-state index in [-0.39, 0.29) is 6.61 Å². The number of rotatable bonds is 11. The molecule has 1 aromatic heterocycles. The lowest BCUT2D eigenvalue weighted by molar-refractivity contribution is 0.0397. The third kappa shape index (κ3) is 5.98. The van der Waals surface area contributed by atoms with Crippen molar-refractivity contribution in [2.45, 2.75) is 24.3 Å². The van der Waals surface area contributed by atoms with Crippen molar-refractivity contribution in [2.24, 2.45) is 7.05 Å². The summed E-state index contributed by atoms with van der Waals surface area (Å²) in [5, 5.41) is 19.6. The maximum absolute atomic E-state index is 10.3. The van der Waals surface area contributed by atoms with E-state index in [0.717, 1.165) is 23.0 Å². The van der Waals surface area contributed by atoms with Crippen LogP contribution < -0.4 is 9.47 Å². The van der Waals surface area contributed by atoms with Crippen molar-refractivity contribution in [2.75, 3.05) is 26.6 Å². The summed E-state index contributed by atoms with van der Waals surface area (Å²) >= 11 is 1.47. The zero-order valence-corrected chi connectivity index (χ0v) is 18.3. The van der Waals surface area contributed by atoms with E-state index in [1.807, 2.05) is 48.0 Å². The number of nitrogens with zero attached hydrogens (tertiary/aromatic N) is 3. The lowest BCUT2D eigenvalue weighted by atomic mass is 10.1. The highest BCUT2D eigenvalue weighted by atomic mass is 32.2. The van der Waals surface area contributed by atoms with Crippen LogP contribution in [0.15, 0.2) is 53.7 Å². The summed E-state index contributed by atoms with van der Waals surface area (Å²) < 4.78 is 18.1. The van der Waals surface area contributed by atoms with Gasteiger partial charge in [0.2, 0.25) is 0 Å². The lowest BCUT2D eigenvalue weighted by Crippen LogP contribution is -2.18. The van der Waals surface area contributed by atoms with Crippen molar-refractivity contribution in [3.63, 3.8) is 0 Å². The molecule has 0 radical (unpaired) electrons. The Labute approximate surface area is 181 Å². The fourth-order valence-corrected chi connectivity index (χ4v) is 3.74. The largest absolute Gasteiger partial charge is 0.493 e. The first-order valence-electron chi connectivity index (χ1n) is 9.62. The SMILES string of the molecule is COc1ccc(COCC(O)CSc2nnc(Cc3ccccc3)n2C)cc1OC. The van der Waals surface area contributed by atoms with Gasteiger partial charge < -0.3 is 23.9 Å². The number of ether oxygens (including phenoxy) is 3. The summed E-state index contributed by atoms with van der Waals surface area (Å²) in [5.74, 6) is 2.70. The zero-order valence-electron chi connectivity index (χ0n) is 17.4. The van der Waals surface area contributed by atoms with E-state index in [1.165, 1.54) is 17.3 Å². The Morgan fingerprint density at radius 1 is 1.00 bits per heavy atom. The first-order valence-corrected chi connectivity index (χ1v) is 10.6. The number of benzene rings is 2. The van der Waals surface area contributed by atoms with Crippen molar-refractivity contribution < 1.29 is 19.3 Å². The monoisotopic (exact) mass is 429 g/mol. The number of thioether (sulfide) groups is 1. The van der Waals surface area contributed by atoms with Crippen molar-refractivity contribution in [3.8, 4) is 11.5 Å². The van der Waals surface area contributed by atoms with Crippen LogP contribution in [-0.2, 0) is 24.8 Å². The summed E-state index contributed by atoms with van der Waals surface area (Å²) in [6, 6.07) is 15.8. The van der Waals surface area contributed by atoms with Crippen LogP contribution in [0.25, 0.3) is 0 Å². The highest BCUT2D eigenvalue weighted by molar-refractivity contribution is 7.99. The van der Waals surface area contributed by atoms with Gasteiger partial charge in [0.15, 0.2) is 16.7 Å². The van der Waals surface area contributed by atoms with E-state index >= 15 is 0 Å². The number of aromatic nitrogens is 3. The van der Waals surface area contributed by atoms with Gasteiger partial charge in [0.25, 0.3) is 0 Å². The predicted octanol–water partition coefficient (Wildman–Crippen LogP) is 3.09. The minimum atomic E-state index is -0.607. The molecule has 0 aliphatic carbocycles. The number of hydrogen-bond donors (Lipinski definition) is 1. The molecule has 1 heterocycles. The molecule has 2 aromatic carbocycles. The Kier molecular flexibility index (Phi) is 8.12. The molecule has 1 unspecified atom stereocenters. The summed E-state index contributed by atoms with van der Waals surface area (Å²) in [7, 11) is 5.14. The average molecular weight is 430 g/mol. The first-order chi connectivity index (χ1) is 14.6. The number of methoxy groups -OCH3 is 2. The summed E-state index contributed by atoms with van der Waals surface area (Å²) in [5.41, 5.74) is 2.14. The van der Waals surface area contributed by atoms with E-state index in [0.29, 0.717) is 23.9 Å². The third-order valence-electron chi connectivity index (χ3n) is 4.56. The van der Waals surface area contributed by atoms with E-state index in [1.54, 1.807) is 14.2 Å². The van der Waals surface area contributed by atoms with Crippen LogP contribution >= 0.6 is 11.8 Å². The Bertz CT molecular complexity index is 933. The van der Waals surface area contributed by atoms with E-state index in [4.69, 9.17) is 14.2 Å². The molecule has 0 bridgehead atoms. The van der Waals surface area contributed by atoms with Crippen molar-refractivity contribution in [1.29, 1.82) is 0 Å². The van der Waals surface area contributed by atoms with Gasteiger partial charge in [-0.15, -0.1) is 10.2 Å². The van der Waals surface area contributed by atoms with Gasteiger partial charge in [-0.25, -0.2) is 0 Å². The maximum atomic E-state index is 10.3. The summed E-state index contributed by atoms with van der Waals surface area (Å²) in [6.45, 7) is 0.614. The standard InChI is InChI=1S/C22H27N3O4S/c1-25-21(12-16-7-5-4-6-8-16)23-24-22(25)30-15-18(26)14-29-13-17-9-10-19(27-2)20(11-17)28-3/h4-11,18,26H,12-15H2,1-3H3. The smallest absolute Gasteiger partial charge is 0.191 e. The van der Waals surface area contributed by atoms with Gasteiger partial charge in [0.1, 0.15) is 5.82 Å². The summed E-state index contributed by atoms with van der Waals surface area (Å²) in [4.78, 5) is 0. The highest BCUT2D eigenvalue weighted by Gasteiger charge is 2.13. The molecule has 3 aromatic rings. The Hall–Kier alpha value is -2.55. The molecule has 3 rings (SSSR count). The molecular formula is C22H27N3O4S. The predicted molar refractivity (Wildman–Crippen MR) is 116 cm³/mol. The second-order valence-electron chi connectivity index (χ2n) is 6.79. The number of aliphatic hydroxyl groups is 1. The minimum Gasteiger partial charge on any atom is -0.493 e. The van der Waals surface area contributed by atoms with Gasteiger partial charge in [-0.3, -0.25) is 0 Å². The van der Waals surface area contributed by atoms with Gasteiger partial charge in [-0.05, 0) is 23.3 Å². The highest BCUT2D eigenvalue weighted by Crippen LogP contribution is 2.27. The Morgan fingerprint density at radius 2 is 1.77 bits per heavy atom. The molecule has 0 fully saturated rings. The van der Waals surface area contributed by atoms with E-state index in [9.17, 15) is 5.11 Å². The molecule has 0 spiro atoms. The van der Waals surface area contributed by atoms with Crippen molar-refractivity contribution >= 4 is 11.8 Å². The van der Waals surface area contributed by atoms with E-state index in [2.05, 4.69) is 22.3 Å². The molecule has 0 aliphatic heterocycles. The molecule has 1 atom stereocenters. The molecule has 30 heavy (non-hydrogen) atoms. The topological polar surface area (TPSA) is 78.6 Å². The molecule has 0 saturated heterocycles. The molecule has 0 saturated carbocycles. The fraction of sp³-hybridized carbons (Fsp3) is 0.364. The van der Waals surface area contributed by atoms with Crippen LogP contribution in [0, 0.1) is 0 Å². The molecule has 160 valence electrons. The Balaban J connectivity index is 1.44. The molecule has 7 nitrogen and oxygen atoms in total. The first kappa shape index (κ1) is 22.1. The second-order valence-corrected chi connectivity index (χ2v) is 7.78. The Morgan fingerprint density at radius 3 is 2.50 bits per heavy atom. The van der Waals surface area contributed by atoms with Crippen molar-refractivity contribution in [1.82, 2.24) is 14.8 Å². The van der Waals surface area contributed by atoms with Crippen LogP contribution in [0.1, 0.15) is 17.0 Å².